The number of amides is 1. The van der Waals surface area contributed by atoms with Crippen molar-refractivity contribution in [1.29, 1.82) is 0 Å². The van der Waals surface area contributed by atoms with E-state index in [4.69, 9.17) is 10.9 Å². The number of nitrogens with one attached hydrogen (secondary N) is 1. The molecule has 0 aromatic carbocycles. The second-order valence-electron chi connectivity index (χ2n) is 3.87. The lowest BCUT2D eigenvalue weighted by Gasteiger charge is -2.25. The number of hydrogen-bond acceptors (Lipinski definition) is 5. The summed E-state index contributed by atoms with van der Waals surface area (Å²) < 4.78 is 0. The van der Waals surface area contributed by atoms with Gasteiger partial charge in [0.1, 0.15) is 11.5 Å². The molecule has 0 aliphatic rings. The van der Waals surface area contributed by atoms with Crippen molar-refractivity contribution in [3.05, 3.63) is 23.9 Å². The average Bonchev–Trinajstić information content (AvgIpc) is 2.34. The molecule has 0 saturated heterocycles. The van der Waals surface area contributed by atoms with E-state index < -0.39 is 0 Å². The van der Waals surface area contributed by atoms with Crippen molar-refractivity contribution in [1.82, 2.24) is 9.88 Å². The highest BCUT2D eigenvalue weighted by atomic mass is 16.3. The zero-order valence-corrected chi connectivity index (χ0v) is 10.1. The Morgan fingerprint density at radius 3 is 2.82 bits per heavy atom. The Morgan fingerprint density at radius 2 is 2.29 bits per heavy atom. The maximum atomic E-state index is 12.1. The molecule has 0 aliphatic heterocycles. The number of anilines is 1. The highest BCUT2D eigenvalue weighted by Crippen LogP contribution is 2.09. The highest BCUT2D eigenvalue weighted by molar-refractivity contribution is 5.92. The lowest BCUT2D eigenvalue weighted by atomic mass is 10.2. The van der Waals surface area contributed by atoms with Crippen LogP contribution in [0.4, 0.5) is 5.82 Å². The van der Waals surface area contributed by atoms with Crippen LogP contribution in [-0.2, 0) is 0 Å². The maximum absolute atomic E-state index is 12.1. The van der Waals surface area contributed by atoms with Gasteiger partial charge >= 0.3 is 0 Å². The van der Waals surface area contributed by atoms with Crippen molar-refractivity contribution in [2.75, 3.05) is 18.6 Å². The third kappa shape index (κ3) is 3.40. The van der Waals surface area contributed by atoms with Gasteiger partial charge in [0.05, 0.1) is 6.61 Å². The average molecular weight is 238 g/mol. The molecule has 4 N–H and O–H groups in total. The van der Waals surface area contributed by atoms with Gasteiger partial charge in [-0.15, -0.1) is 0 Å². The van der Waals surface area contributed by atoms with E-state index in [0.717, 1.165) is 0 Å². The van der Waals surface area contributed by atoms with Gasteiger partial charge in [-0.05, 0) is 26.0 Å². The Labute approximate surface area is 100 Å². The van der Waals surface area contributed by atoms with Gasteiger partial charge in [-0.2, -0.15) is 0 Å². The van der Waals surface area contributed by atoms with E-state index in [1.807, 2.05) is 13.8 Å². The van der Waals surface area contributed by atoms with Gasteiger partial charge in [0, 0.05) is 12.6 Å². The number of nitrogens with zero attached hydrogens (tertiary/aromatic N) is 2. The number of rotatable bonds is 5. The zero-order valence-electron chi connectivity index (χ0n) is 10.1. The van der Waals surface area contributed by atoms with Gasteiger partial charge in [0.25, 0.3) is 5.91 Å². The standard InChI is InChI=1S/C11H18N4O2/c1-8(2)15(6-7-16)11(17)9-4-3-5-10(13-9)14-12/h3-5,8,16H,6-7,12H2,1-2H3,(H,13,14). The second-order valence-corrected chi connectivity index (χ2v) is 3.87. The van der Waals surface area contributed by atoms with Crippen LogP contribution in [0.15, 0.2) is 18.2 Å². The molecule has 0 aliphatic carbocycles. The third-order valence-corrected chi connectivity index (χ3v) is 2.34. The Hall–Kier alpha value is -1.66. The molecule has 0 radical (unpaired) electrons. The minimum Gasteiger partial charge on any atom is -0.395 e. The van der Waals surface area contributed by atoms with Gasteiger partial charge in [-0.3, -0.25) is 4.79 Å². The summed E-state index contributed by atoms with van der Waals surface area (Å²) in [6, 6.07) is 5.00. The number of aliphatic hydroxyl groups excluding tert-OH is 1. The first-order valence-electron chi connectivity index (χ1n) is 5.45. The van der Waals surface area contributed by atoms with E-state index in [9.17, 15) is 4.79 Å². The summed E-state index contributed by atoms with van der Waals surface area (Å²) in [5, 5.41) is 8.94. The summed E-state index contributed by atoms with van der Waals surface area (Å²) in [5.41, 5.74) is 2.70. The molecule has 1 aromatic rings. The number of carbonyl (C=O) groups excluding carboxylic acids is 1. The van der Waals surface area contributed by atoms with Crippen molar-refractivity contribution in [3.8, 4) is 0 Å². The minimum atomic E-state index is -0.217. The van der Waals surface area contributed by atoms with Crippen LogP contribution in [0.2, 0.25) is 0 Å². The summed E-state index contributed by atoms with van der Waals surface area (Å²) in [5.74, 6) is 5.45. The van der Waals surface area contributed by atoms with E-state index in [0.29, 0.717) is 18.1 Å². The quantitative estimate of drug-likeness (QED) is 0.504. The molecule has 17 heavy (non-hydrogen) atoms. The number of aromatic nitrogens is 1. The summed E-state index contributed by atoms with van der Waals surface area (Å²) in [6.45, 7) is 3.99. The van der Waals surface area contributed by atoms with Crippen LogP contribution >= 0.6 is 0 Å². The molecule has 0 spiro atoms. The van der Waals surface area contributed by atoms with E-state index in [1.54, 1.807) is 23.1 Å². The largest absolute Gasteiger partial charge is 0.395 e. The maximum Gasteiger partial charge on any atom is 0.272 e. The van der Waals surface area contributed by atoms with Gasteiger partial charge < -0.3 is 15.4 Å². The van der Waals surface area contributed by atoms with Crippen molar-refractivity contribution in [2.24, 2.45) is 5.84 Å². The first-order chi connectivity index (χ1) is 8.10. The summed E-state index contributed by atoms with van der Waals surface area (Å²) in [6.07, 6.45) is 0. The van der Waals surface area contributed by atoms with Crippen LogP contribution in [0.1, 0.15) is 24.3 Å². The van der Waals surface area contributed by atoms with Crippen LogP contribution < -0.4 is 11.3 Å². The minimum absolute atomic E-state index is 0.00550. The predicted octanol–water partition coefficient (Wildman–Crippen LogP) is 0.210. The molecule has 1 heterocycles. The fourth-order valence-corrected chi connectivity index (χ4v) is 1.48. The molecular weight excluding hydrogens is 220 g/mol. The van der Waals surface area contributed by atoms with Gasteiger partial charge in [0.2, 0.25) is 0 Å². The Kier molecular flexibility index (Phi) is 4.86. The van der Waals surface area contributed by atoms with Crippen molar-refractivity contribution < 1.29 is 9.90 Å². The third-order valence-electron chi connectivity index (χ3n) is 2.34. The molecule has 6 heteroatoms. The van der Waals surface area contributed by atoms with Crippen LogP contribution in [0.5, 0.6) is 0 Å². The van der Waals surface area contributed by atoms with Gasteiger partial charge in [-0.1, -0.05) is 6.07 Å². The van der Waals surface area contributed by atoms with Gasteiger partial charge in [-0.25, -0.2) is 10.8 Å². The Morgan fingerprint density at radius 1 is 1.59 bits per heavy atom. The number of hydrazine groups is 1. The zero-order chi connectivity index (χ0) is 12.8. The van der Waals surface area contributed by atoms with Crippen LogP contribution in [0, 0.1) is 0 Å². The molecule has 1 amide bonds. The van der Waals surface area contributed by atoms with Gasteiger partial charge in [0.15, 0.2) is 0 Å². The molecule has 1 rings (SSSR count). The Balaban J connectivity index is 2.92. The molecule has 6 nitrogen and oxygen atoms in total. The number of nitrogen functional groups attached to an aromatic ring is 1. The molecule has 94 valence electrons. The second kappa shape index (κ2) is 6.17. The van der Waals surface area contributed by atoms with Crippen molar-refractivity contribution in [2.45, 2.75) is 19.9 Å². The lowest BCUT2D eigenvalue weighted by molar-refractivity contribution is 0.0659. The Bertz CT molecular complexity index is 381. The summed E-state index contributed by atoms with van der Waals surface area (Å²) in [7, 11) is 0. The number of pyridine rings is 1. The monoisotopic (exact) mass is 238 g/mol. The van der Waals surface area contributed by atoms with E-state index in [-0.39, 0.29) is 18.6 Å². The highest BCUT2D eigenvalue weighted by Gasteiger charge is 2.19. The van der Waals surface area contributed by atoms with E-state index >= 15 is 0 Å². The van der Waals surface area contributed by atoms with Crippen LogP contribution in [0.3, 0.4) is 0 Å². The normalized spacial score (nSPS) is 10.4. The van der Waals surface area contributed by atoms with E-state index in [2.05, 4.69) is 10.4 Å². The first-order valence-corrected chi connectivity index (χ1v) is 5.45. The molecule has 0 saturated carbocycles. The number of hydrogen-bond donors (Lipinski definition) is 3. The smallest absolute Gasteiger partial charge is 0.272 e. The molecule has 0 atom stereocenters. The number of aliphatic hydroxyl groups is 1. The summed E-state index contributed by atoms with van der Waals surface area (Å²) in [4.78, 5) is 17.8. The fraction of sp³-hybridized carbons (Fsp3) is 0.455. The number of nitrogens with two attached hydrogens (primary N) is 1. The van der Waals surface area contributed by atoms with Crippen molar-refractivity contribution in [3.63, 3.8) is 0 Å². The molecular formula is C11H18N4O2. The predicted molar refractivity (Wildman–Crippen MR) is 65.3 cm³/mol. The molecule has 1 aromatic heterocycles. The molecule has 0 unspecified atom stereocenters. The molecule has 0 fully saturated rings. The SMILES string of the molecule is CC(C)N(CCO)C(=O)c1cccc(NN)n1. The summed E-state index contributed by atoms with van der Waals surface area (Å²) >= 11 is 0. The number of carbonyl (C=O) groups is 1. The topological polar surface area (TPSA) is 91.5 Å². The lowest BCUT2D eigenvalue weighted by Crippen LogP contribution is -2.39. The molecule has 0 bridgehead atoms. The van der Waals surface area contributed by atoms with Crippen molar-refractivity contribution >= 4 is 11.7 Å². The van der Waals surface area contributed by atoms with Crippen LogP contribution in [0.25, 0.3) is 0 Å². The van der Waals surface area contributed by atoms with Crippen LogP contribution in [-0.4, -0.2) is 40.1 Å². The van der Waals surface area contributed by atoms with E-state index in [1.165, 1.54) is 0 Å². The first kappa shape index (κ1) is 13.4. The fourth-order valence-electron chi connectivity index (χ4n) is 1.48.